The maximum Gasteiger partial charge on any atom is 0.0589 e. The quantitative estimate of drug-likeness (QED) is 0.536. The second-order valence-corrected chi connectivity index (χ2v) is 2.89. The van der Waals surface area contributed by atoms with Gasteiger partial charge in [0.15, 0.2) is 0 Å². The van der Waals surface area contributed by atoms with Gasteiger partial charge < -0.3 is 9.47 Å². The lowest BCUT2D eigenvalue weighted by Gasteiger charge is -2.19. The lowest BCUT2D eigenvalue weighted by atomic mass is 10.5. The fourth-order valence-corrected chi connectivity index (χ4v) is 1.13. The van der Waals surface area contributed by atoms with Gasteiger partial charge in [-0.1, -0.05) is 0 Å². The van der Waals surface area contributed by atoms with E-state index in [4.69, 9.17) is 21.1 Å². The molecule has 0 heterocycles. The van der Waals surface area contributed by atoms with E-state index in [1.807, 2.05) is 0 Å². The van der Waals surface area contributed by atoms with E-state index < -0.39 is 0 Å². The Kier molecular flexibility index (Phi) is 9.39. The van der Waals surface area contributed by atoms with Crippen molar-refractivity contribution in [2.45, 2.75) is 0 Å². The number of hydrogen-bond donors (Lipinski definition) is 0. The fourth-order valence-electron chi connectivity index (χ4n) is 0.896. The molecule has 0 unspecified atom stereocenters. The standard InChI is InChI=1S/C8H18ClNO2/c1-11-7-5-10(4-3-9)6-8-12-2/h3-8H2,1-2H3. The summed E-state index contributed by atoms with van der Waals surface area (Å²) in [5.41, 5.74) is 0. The summed E-state index contributed by atoms with van der Waals surface area (Å²) in [7, 11) is 3.41. The Hall–Kier alpha value is 0.170. The van der Waals surface area contributed by atoms with Crippen LogP contribution in [0.4, 0.5) is 0 Å². The molecule has 0 fully saturated rings. The zero-order valence-electron chi connectivity index (χ0n) is 7.88. The first kappa shape index (κ1) is 12.2. The Morgan fingerprint density at radius 3 is 1.83 bits per heavy atom. The van der Waals surface area contributed by atoms with Crippen molar-refractivity contribution in [1.82, 2.24) is 4.90 Å². The number of halogens is 1. The van der Waals surface area contributed by atoms with Gasteiger partial charge in [-0.25, -0.2) is 0 Å². The van der Waals surface area contributed by atoms with Gasteiger partial charge in [-0.05, 0) is 0 Å². The molecule has 4 heteroatoms. The van der Waals surface area contributed by atoms with E-state index in [1.165, 1.54) is 0 Å². The van der Waals surface area contributed by atoms with E-state index in [0.717, 1.165) is 32.8 Å². The van der Waals surface area contributed by atoms with Crippen LogP contribution in [0.1, 0.15) is 0 Å². The molecule has 0 N–H and O–H groups in total. The molecule has 0 aromatic carbocycles. The number of methoxy groups -OCH3 is 2. The number of alkyl halides is 1. The average Bonchev–Trinajstić information content (AvgIpc) is 2.10. The molecule has 0 bridgehead atoms. The smallest absolute Gasteiger partial charge is 0.0589 e. The predicted octanol–water partition coefficient (Wildman–Crippen LogP) is 0.820. The van der Waals surface area contributed by atoms with Gasteiger partial charge in [0.1, 0.15) is 0 Å². The van der Waals surface area contributed by atoms with Crippen molar-refractivity contribution < 1.29 is 9.47 Å². The lowest BCUT2D eigenvalue weighted by Crippen LogP contribution is -2.32. The molecule has 0 atom stereocenters. The van der Waals surface area contributed by atoms with Gasteiger partial charge in [-0.15, -0.1) is 11.6 Å². The van der Waals surface area contributed by atoms with Crippen LogP contribution in [0.25, 0.3) is 0 Å². The Balaban J connectivity index is 3.40. The zero-order chi connectivity index (χ0) is 9.23. The van der Waals surface area contributed by atoms with Gasteiger partial charge >= 0.3 is 0 Å². The summed E-state index contributed by atoms with van der Waals surface area (Å²) in [6.07, 6.45) is 0. The maximum absolute atomic E-state index is 5.63. The van der Waals surface area contributed by atoms with E-state index in [-0.39, 0.29) is 0 Å². The Morgan fingerprint density at radius 1 is 1.00 bits per heavy atom. The van der Waals surface area contributed by atoms with Crippen molar-refractivity contribution >= 4 is 11.6 Å². The molecule has 0 aromatic rings. The van der Waals surface area contributed by atoms with E-state index in [2.05, 4.69) is 4.90 Å². The van der Waals surface area contributed by atoms with Gasteiger partial charge in [0.05, 0.1) is 13.2 Å². The first-order valence-electron chi connectivity index (χ1n) is 4.11. The number of nitrogens with zero attached hydrogens (tertiary/aromatic N) is 1. The minimum absolute atomic E-state index is 0.660. The van der Waals surface area contributed by atoms with Gasteiger partial charge in [0, 0.05) is 39.7 Å². The van der Waals surface area contributed by atoms with Crippen LogP contribution in [0.2, 0.25) is 0 Å². The van der Waals surface area contributed by atoms with Crippen molar-refractivity contribution in [3.63, 3.8) is 0 Å². The number of rotatable bonds is 8. The van der Waals surface area contributed by atoms with Crippen LogP contribution in [0.15, 0.2) is 0 Å². The highest BCUT2D eigenvalue weighted by molar-refractivity contribution is 6.18. The molecule has 0 aliphatic carbocycles. The van der Waals surface area contributed by atoms with Crippen molar-refractivity contribution in [2.75, 3.05) is 52.9 Å². The summed E-state index contributed by atoms with van der Waals surface area (Å²) in [6.45, 7) is 4.24. The SMILES string of the molecule is COCCN(CCCl)CCOC. The normalized spacial score (nSPS) is 11.0. The van der Waals surface area contributed by atoms with Gasteiger partial charge in [-0.3, -0.25) is 4.90 Å². The highest BCUT2D eigenvalue weighted by Crippen LogP contribution is 1.90. The first-order valence-corrected chi connectivity index (χ1v) is 4.64. The summed E-state index contributed by atoms with van der Waals surface area (Å²) in [4.78, 5) is 2.22. The minimum atomic E-state index is 0.660. The molecule has 74 valence electrons. The van der Waals surface area contributed by atoms with Crippen molar-refractivity contribution in [3.05, 3.63) is 0 Å². The highest BCUT2D eigenvalue weighted by atomic mass is 35.5. The van der Waals surface area contributed by atoms with E-state index in [0.29, 0.717) is 5.88 Å². The molecule has 12 heavy (non-hydrogen) atoms. The van der Waals surface area contributed by atoms with E-state index >= 15 is 0 Å². The molecule has 0 radical (unpaired) electrons. The second kappa shape index (κ2) is 9.26. The van der Waals surface area contributed by atoms with Crippen LogP contribution in [0, 0.1) is 0 Å². The summed E-state index contributed by atoms with van der Waals surface area (Å²) >= 11 is 5.63. The Morgan fingerprint density at radius 2 is 1.50 bits per heavy atom. The van der Waals surface area contributed by atoms with Crippen LogP contribution in [-0.4, -0.2) is 57.8 Å². The molecule has 0 spiro atoms. The molecule has 0 aliphatic heterocycles. The Bertz CT molecular complexity index is 85.1. The van der Waals surface area contributed by atoms with Gasteiger partial charge in [0.2, 0.25) is 0 Å². The zero-order valence-corrected chi connectivity index (χ0v) is 8.64. The number of ether oxygens (including phenoxy) is 2. The van der Waals surface area contributed by atoms with Crippen molar-refractivity contribution in [3.8, 4) is 0 Å². The summed E-state index contributed by atoms with van der Waals surface area (Å²) in [5.74, 6) is 0.660. The van der Waals surface area contributed by atoms with E-state index in [9.17, 15) is 0 Å². The predicted molar refractivity (Wildman–Crippen MR) is 50.9 cm³/mol. The molecule has 0 aliphatic rings. The van der Waals surface area contributed by atoms with Crippen molar-refractivity contribution in [1.29, 1.82) is 0 Å². The average molecular weight is 196 g/mol. The van der Waals surface area contributed by atoms with Crippen LogP contribution in [-0.2, 0) is 9.47 Å². The van der Waals surface area contributed by atoms with Crippen LogP contribution in [0.3, 0.4) is 0 Å². The minimum Gasteiger partial charge on any atom is -0.383 e. The van der Waals surface area contributed by atoms with Gasteiger partial charge in [0.25, 0.3) is 0 Å². The topological polar surface area (TPSA) is 21.7 Å². The van der Waals surface area contributed by atoms with Crippen LogP contribution >= 0.6 is 11.6 Å². The molecular weight excluding hydrogens is 178 g/mol. The van der Waals surface area contributed by atoms with Crippen LogP contribution in [0.5, 0.6) is 0 Å². The first-order chi connectivity index (χ1) is 5.85. The molecule has 0 amide bonds. The third-order valence-corrected chi connectivity index (χ3v) is 1.79. The van der Waals surface area contributed by atoms with E-state index in [1.54, 1.807) is 14.2 Å². The summed E-state index contributed by atoms with van der Waals surface area (Å²) < 4.78 is 9.95. The number of hydrogen-bond acceptors (Lipinski definition) is 3. The molecule has 3 nitrogen and oxygen atoms in total. The second-order valence-electron chi connectivity index (χ2n) is 2.52. The summed E-state index contributed by atoms with van der Waals surface area (Å²) in [6, 6.07) is 0. The maximum atomic E-state index is 5.63. The lowest BCUT2D eigenvalue weighted by molar-refractivity contribution is 0.118. The van der Waals surface area contributed by atoms with Crippen LogP contribution < -0.4 is 0 Å². The van der Waals surface area contributed by atoms with Gasteiger partial charge in [-0.2, -0.15) is 0 Å². The molecule has 0 saturated heterocycles. The molecule has 0 rings (SSSR count). The molecular formula is C8H18ClNO2. The third kappa shape index (κ3) is 6.85. The largest absolute Gasteiger partial charge is 0.383 e. The monoisotopic (exact) mass is 195 g/mol. The third-order valence-electron chi connectivity index (χ3n) is 1.62. The highest BCUT2D eigenvalue weighted by Gasteiger charge is 2.02. The van der Waals surface area contributed by atoms with Crippen molar-refractivity contribution in [2.24, 2.45) is 0 Å². The molecule has 0 saturated carbocycles. The Labute approximate surface area is 79.6 Å². The summed E-state index contributed by atoms with van der Waals surface area (Å²) in [5, 5.41) is 0. The molecule has 0 aromatic heterocycles. The fraction of sp³-hybridized carbons (Fsp3) is 1.00.